The van der Waals surface area contributed by atoms with Crippen LogP contribution in [0.25, 0.3) is 0 Å². The lowest BCUT2D eigenvalue weighted by atomic mass is 10.2. The number of unbranched alkanes of at least 4 members (excludes halogenated alkanes) is 3. The highest BCUT2D eigenvalue weighted by molar-refractivity contribution is 7.99. The van der Waals surface area contributed by atoms with Gasteiger partial charge in [-0.1, -0.05) is 60.0 Å². The summed E-state index contributed by atoms with van der Waals surface area (Å²) in [6, 6.07) is 0. The number of carbonyl (C=O) groups is 8. The molecule has 0 aliphatic carbocycles. The van der Waals surface area contributed by atoms with E-state index < -0.39 is 0 Å². The summed E-state index contributed by atoms with van der Waals surface area (Å²) in [7, 11) is 0. The van der Waals surface area contributed by atoms with Crippen molar-refractivity contribution in [2.24, 2.45) is 0 Å². The molecular weight excluding hydrogens is 700 g/mol. The molecule has 0 fully saturated rings. The summed E-state index contributed by atoms with van der Waals surface area (Å²) in [6.07, 6.45) is 12.1. The monoisotopic (exact) mass is 768 g/mol. The number of amides is 7. The van der Waals surface area contributed by atoms with Crippen LogP contribution in [0.15, 0.2) is 12.2 Å². The first-order valence-electron chi connectivity index (χ1n) is 17.4. The van der Waals surface area contributed by atoms with Gasteiger partial charge in [-0.3, -0.25) is 43.3 Å². The number of likely N-dealkylation sites (N-methyl/N-ethyl adjacent to an activating group) is 1. The smallest absolute Gasteiger partial charge is 0.290 e. The van der Waals surface area contributed by atoms with Crippen LogP contribution < -0.4 is 26.6 Å². The minimum atomic E-state index is -0.250. The van der Waals surface area contributed by atoms with Crippen molar-refractivity contribution in [3.05, 3.63) is 12.2 Å². The van der Waals surface area contributed by atoms with E-state index in [1.54, 1.807) is 24.8 Å². The van der Waals surface area contributed by atoms with Crippen LogP contribution in [0, 0.1) is 0 Å². The van der Waals surface area contributed by atoms with Gasteiger partial charge in [0.05, 0.1) is 38.8 Å². The van der Waals surface area contributed by atoms with Crippen LogP contribution in [0.3, 0.4) is 0 Å². The second kappa shape index (κ2) is 62.1. The Kier molecular flexibility index (Phi) is 71.8. The maximum absolute atomic E-state index is 11.0. The van der Waals surface area contributed by atoms with Gasteiger partial charge in [0.1, 0.15) is 0 Å². The average Bonchev–Trinajstić information content (AvgIpc) is 3.15. The largest absolute Gasteiger partial charge is 0.483 e. The lowest BCUT2D eigenvalue weighted by Gasteiger charge is -2.10. The highest BCUT2D eigenvalue weighted by atomic mass is 32.2. The van der Waals surface area contributed by atoms with Crippen LogP contribution >= 0.6 is 11.8 Å². The van der Waals surface area contributed by atoms with Gasteiger partial charge >= 0.3 is 0 Å². The standard InChI is InChI=1S/C10H20N2O2S.C8H17NO3.C8H13NO2.C5H10N2O2.C2H6.CH2O2/c1-2-3-4-5-6-15-9-12-10(14)7-11-8-13;1-2-4-11-6-7-12-5-3-9-8-10;1-3-5-8(11)9(7-10)6-4-2;1-2-7-5(9)3-6-4-8;1-2;2-1-3/h8H,2-7,9H2,1H3,(H,11,13)(H,12,14);8H,2-7H2,1H3,(H,9,10);3,5,7H,4,6H2,1-2H3;4H,2-3H2,1H3,(H,6,8)(H,7,9);1-2H3;1H,(H,2,3)/b;;5-3-;;;. The lowest BCUT2D eigenvalue weighted by molar-refractivity contribution is -0.134. The Hall–Kier alpha value is -4.03. The number of carbonyl (C=O) groups excluding carboxylic acids is 7. The van der Waals surface area contributed by atoms with E-state index in [1.807, 2.05) is 27.7 Å². The number of nitrogens with one attached hydrogen (secondary N) is 5. The molecule has 0 aromatic carbocycles. The first kappa shape index (κ1) is 60.1. The molecule has 0 aliphatic rings. The summed E-state index contributed by atoms with van der Waals surface area (Å²) < 4.78 is 10.3. The molecule has 0 rings (SSSR count). The number of ether oxygens (including phenoxy) is 2. The summed E-state index contributed by atoms with van der Waals surface area (Å²) in [4.78, 5) is 81.5. The van der Waals surface area contributed by atoms with Crippen molar-refractivity contribution in [1.82, 2.24) is 31.5 Å². The van der Waals surface area contributed by atoms with E-state index in [4.69, 9.17) is 19.4 Å². The van der Waals surface area contributed by atoms with Crippen molar-refractivity contribution in [3.8, 4) is 0 Å². The first-order valence-corrected chi connectivity index (χ1v) is 18.6. The fraction of sp³-hybridized carbons (Fsp3) is 0.706. The molecule has 0 unspecified atom stereocenters. The van der Waals surface area contributed by atoms with E-state index in [9.17, 15) is 33.6 Å². The second-order valence-corrected chi connectivity index (χ2v) is 10.3. The Bertz CT molecular complexity index is 842. The van der Waals surface area contributed by atoms with Crippen molar-refractivity contribution in [3.63, 3.8) is 0 Å². The molecule has 0 aliphatic heterocycles. The van der Waals surface area contributed by atoms with Crippen molar-refractivity contribution in [1.29, 1.82) is 0 Å². The van der Waals surface area contributed by atoms with Crippen LogP contribution in [0.2, 0.25) is 0 Å². The Labute approximate surface area is 315 Å². The number of rotatable bonds is 27. The van der Waals surface area contributed by atoms with E-state index in [0.717, 1.165) is 30.1 Å². The van der Waals surface area contributed by atoms with Gasteiger partial charge in [-0.25, -0.2) is 0 Å². The Morgan fingerprint density at radius 3 is 1.69 bits per heavy atom. The zero-order chi connectivity index (χ0) is 40.9. The predicted octanol–water partition coefficient (Wildman–Crippen LogP) is 1.85. The van der Waals surface area contributed by atoms with Crippen LogP contribution in [0.5, 0.6) is 0 Å². The molecule has 0 heterocycles. The number of carboxylic acid groups (broad SMARTS) is 1. The Balaban J connectivity index is -0.000000132. The zero-order valence-electron chi connectivity index (χ0n) is 32.4. The molecule has 0 aromatic heterocycles. The predicted molar refractivity (Wildman–Crippen MR) is 205 cm³/mol. The van der Waals surface area contributed by atoms with E-state index in [0.29, 0.717) is 71.0 Å². The van der Waals surface area contributed by atoms with Crippen LogP contribution in [0.1, 0.15) is 87.0 Å². The Morgan fingerprint density at radius 1 is 0.712 bits per heavy atom. The summed E-state index contributed by atoms with van der Waals surface area (Å²) in [6.45, 7) is 17.8. The Morgan fingerprint density at radius 2 is 1.25 bits per heavy atom. The number of hydrogen-bond acceptors (Lipinski definition) is 11. The number of thioether (sulfide) groups is 1. The fourth-order valence-electron chi connectivity index (χ4n) is 2.78. The van der Waals surface area contributed by atoms with Crippen LogP contribution in [-0.2, 0) is 47.8 Å². The number of imide groups is 1. The zero-order valence-corrected chi connectivity index (χ0v) is 33.3. The maximum atomic E-state index is 11.0. The third-order valence-electron chi connectivity index (χ3n) is 4.96. The highest BCUT2D eigenvalue weighted by Gasteiger charge is 2.05. The number of hydrogen-bond donors (Lipinski definition) is 6. The van der Waals surface area contributed by atoms with Crippen molar-refractivity contribution in [2.75, 3.05) is 70.8 Å². The third kappa shape index (κ3) is 68.0. The van der Waals surface area contributed by atoms with E-state index in [-0.39, 0.29) is 37.3 Å². The molecule has 18 heteroatoms. The van der Waals surface area contributed by atoms with E-state index in [1.165, 1.54) is 31.8 Å². The van der Waals surface area contributed by atoms with Crippen molar-refractivity contribution < 1.29 is 52.9 Å². The van der Waals surface area contributed by atoms with Crippen molar-refractivity contribution in [2.45, 2.75) is 87.0 Å². The molecule has 0 spiro atoms. The molecule has 52 heavy (non-hydrogen) atoms. The van der Waals surface area contributed by atoms with Gasteiger partial charge in [-0.15, -0.1) is 11.8 Å². The van der Waals surface area contributed by atoms with Gasteiger partial charge in [0, 0.05) is 26.2 Å². The molecule has 306 valence electrons. The molecule has 6 N–H and O–H groups in total. The van der Waals surface area contributed by atoms with Gasteiger partial charge < -0.3 is 41.2 Å². The minimum absolute atomic E-state index is 0.0668. The summed E-state index contributed by atoms with van der Waals surface area (Å²) >= 11 is 1.72. The summed E-state index contributed by atoms with van der Waals surface area (Å²) in [5, 5.41) is 19.2. The van der Waals surface area contributed by atoms with Gasteiger partial charge in [-0.05, 0) is 44.9 Å². The molecule has 0 aromatic rings. The summed E-state index contributed by atoms with van der Waals surface area (Å²) in [5.74, 6) is 1.17. The van der Waals surface area contributed by atoms with Crippen LogP contribution in [0.4, 0.5) is 0 Å². The maximum Gasteiger partial charge on any atom is 0.290 e. The number of nitrogens with zero attached hydrogens (tertiary/aromatic N) is 1. The quantitative estimate of drug-likeness (QED) is 0.0304. The molecule has 0 radical (unpaired) electrons. The summed E-state index contributed by atoms with van der Waals surface area (Å²) in [5.41, 5.74) is 0. The third-order valence-corrected chi connectivity index (χ3v) is 5.88. The topological polar surface area (TPSA) is 239 Å². The normalized spacial score (nSPS) is 8.90. The molecular formula is C34H68N6O11S. The molecule has 7 amide bonds. The second-order valence-electron chi connectivity index (χ2n) is 9.20. The van der Waals surface area contributed by atoms with Gasteiger partial charge in [0.15, 0.2) is 0 Å². The fourth-order valence-corrected chi connectivity index (χ4v) is 3.59. The molecule has 0 saturated heterocycles. The van der Waals surface area contributed by atoms with Crippen molar-refractivity contribution >= 4 is 61.6 Å². The van der Waals surface area contributed by atoms with Crippen LogP contribution in [-0.4, -0.2) is 131 Å². The molecule has 0 bridgehead atoms. The molecule has 17 nitrogen and oxygen atoms in total. The molecule has 0 saturated carbocycles. The van der Waals surface area contributed by atoms with Gasteiger partial charge in [-0.2, -0.15) is 0 Å². The number of allylic oxidation sites excluding steroid dienone is 1. The highest BCUT2D eigenvalue weighted by Crippen LogP contribution is 2.05. The SMILES string of the molecule is C/C=C\C(=O)N(C=O)CCC.CC.CCCCCCSCNC(=O)CNC=O.CCCOCCOCCNC=O.CCNC(=O)CNC=O.O=CO. The molecule has 0 atom stereocenters. The van der Waals surface area contributed by atoms with E-state index >= 15 is 0 Å². The average molecular weight is 769 g/mol. The van der Waals surface area contributed by atoms with Gasteiger partial charge in [0.2, 0.25) is 37.5 Å². The minimum Gasteiger partial charge on any atom is -0.483 e. The van der Waals surface area contributed by atoms with Gasteiger partial charge in [0.25, 0.3) is 12.4 Å². The van der Waals surface area contributed by atoms with E-state index in [2.05, 4.69) is 40.4 Å². The lowest BCUT2D eigenvalue weighted by Crippen LogP contribution is -2.32. The first-order chi connectivity index (χ1) is 25.2.